The molecule has 1 saturated heterocycles. The van der Waals surface area contributed by atoms with Gasteiger partial charge in [0.2, 0.25) is 5.91 Å². The van der Waals surface area contributed by atoms with Crippen LogP contribution < -0.4 is 10.6 Å². The Morgan fingerprint density at radius 1 is 1.47 bits per heavy atom. The van der Waals surface area contributed by atoms with Crippen LogP contribution in [0.15, 0.2) is 0 Å². The normalized spacial score (nSPS) is 23.2. The van der Waals surface area contributed by atoms with Crippen LogP contribution in [0, 0.1) is 5.92 Å². The van der Waals surface area contributed by atoms with E-state index in [-0.39, 0.29) is 5.91 Å². The van der Waals surface area contributed by atoms with Crippen molar-refractivity contribution in [3.8, 4) is 0 Å². The number of hydrogen-bond donors (Lipinski definition) is 2. The van der Waals surface area contributed by atoms with Gasteiger partial charge in [-0.15, -0.1) is 0 Å². The summed E-state index contributed by atoms with van der Waals surface area (Å²) in [5.74, 6) is 0.957. The fourth-order valence-corrected chi connectivity index (χ4v) is 2.32. The van der Waals surface area contributed by atoms with Crippen molar-refractivity contribution in [1.82, 2.24) is 10.6 Å². The topological polar surface area (TPSA) is 41.1 Å². The SMILES string of the molecule is CCC(CC)C(C)NCC1CCC(=O)N1. The first-order valence-electron chi connectivity index (χ1n) is 6.20. The molecule has 0 spiro atoms. The molecule has 0 aromatic carbocycles. The molecule has 0 aromatic heterocycles. The fourth-order valence-electron chi connectivity index (χ4n) is 2.32. The van der Waals surface area contributed by atoms with Crippen LogP contribution in [0.5, 0.6) is 0 Å². The lowest BCUT2D eigenvalue weighted by atomic mass is 9.95. The third kappa shape index (κ3) is 3.82. The van der Waals surface area contributed by atoms with Crippen LogP contribution in [0.4, 0.5) is 0 Å². The van der Waals surface area contributed by atoms with Crippen molar-refractivity contribution in [2.75, 3.05) is 6.54 Å². The van der Waals surface area contributed by atoms with Crippen LogP contribution in [-0.4, -0.2) is 24.5 Å². The second-order valence-electron chi connectivity index (χ2n) is 4.58. The van der Waals surface area contributed by atoms with E-state index in [4.69, 9.17) is 0 Å². The molecule has 0 saturated carbocycles. The van der Waals surface area contributed by atoms with E-state index in [1.54, 1.807) is 0 Å². The molecule has 15 heavy (non-hydrogen) atoms. The maximum Gasteiger partial charge on any atom is 0.220 e. The Balaban J connectivity index is 2.21. The van der Waals surface area contributed by atoms with Crippen LogP contribution in [0.1, 0.15) is 46.5 Å². The Kier molecular flexibility index (Phi) is 5.09. The summed E-state index contributed by atoms with van der Waals surface area (Å²) in [7, 11) is 0. The molecule has 2 unspecified atom stereocenters. The summed E-state index contributed by atoms with van der Waals surface area (Å²) in [6.07, 6.45) is 4.14. The molecule has 1 heterocycles. The minimum absolute atomic E-state index is 0.206. The summed E-state index contributed by atoms with van der Waals surface area (Å²) in [5.41, 5.74) is 0. The highest BCUT2D eigenvalue weighted by molar-refractivity contribution is 5.78. The molecule has 1 aliphatic heterocycles. The Bertz CT molecular complexity index is 202. The molecule has 1 aliphatic rings. The first-order chi connectivity index (χ1) is 7.17. The predicted molar refractivity (Wildman–Crippen MR) is 62.7 cm³/mol. The Morgan fingerprint density at radius 2 is 2.13 bits per heavy atom. The fraction of sp³-hybridized carbons (Fsp3) is 0.917. The molecular formula is C12H24N2O. The number of hydrogen-bond acceptors (Lipinski definition) is 2. The van der Waals surface area contributed by atoms with E-state index in [0.717, 1.165) is 18.9 Å². The van der Waals surface area contributed by atoms with Gasteiger partial charge in [-0.05, 0) is 19.3 Å². The van der Waals surface area contributed by atoms with E-state index in [1.807, 2.05) is 0 Å². The van der Waals surface area contributed by atoms with Crippen molar-refractivity contribution in [2.45, 2.75) is 58.5 Å². The van der Waals surface area contributed by atoms with Crippen LogP contribution in [0.25, 0.3) is 0 Å². The van der Waals surface area contributed by atoms with Gasteiger partial charge in [0.25, 0.3) is 0 Å². The van der Waals surface area contributed by atoms with Gasteiger partial charge in [-0.3, -0.25) is 4.79 Å². The summed E-state index contributed by atoms with van der Waals surface area (Å²) < 4.78 is 0. The van der Waals surface area contributed by atoms with Gasteiger partial charge in [-0.1, -0.05) is 26.7 Å². The maximum absolute atomic E-state index is 11.0. The maximum atomic E-state index is 11.0. The highest BCUT2D eigenvalue weighted by Crippen LogP contribution is 2.13. The molecule has 0 bridgehead atoms. The van der Waals surface area contributed by atoms with Gasteiger partial charge in [0.1, 0.15) is 0 Å². The van der Waals surface area contributed by atoms with Crippen LogP contribution in [-0.2, 0) is 4.79 Å². The van der Waals surface area contributed by atoms with E-state index >= 15 is 0 Å². The third-order valence-corrected chi connectivity index (χ3v) is 3.53. The summed E-state index contributed by atoms with van der Waals surface area (Å²) in [4.78, 5) is 11.0. The standard InChI is InChI=1S/C12H24N2O/c1-4-10(5-2)9(3)13-8-11-6-7-12(15)14-11/h9-11,13H,4-8H2,1-3H3,(H,14,15). The monoisotopic (exact) mass is 212 g/mol. The largest absolute Gasteiger partial charge is 0.352 e. The predicted octanol–water partition coefficient (Wildman–Crippen LogP) is 1.68. The van der Waals surface area contributed by atoms with Gasteiger partial charge in [0.15, 0.2) is 0 Å². The van der Waals surface area contributed by atoms with Gasteiger partial charge in [0.05, 0.1) is 0 Å². The van der Waals surface area contributed by atoms with Gasteiger partial charge in [0, 0.05) is 25.0 Å². The lowest BCUT2D eigenvalue weighted by molar-refractivity contribution is -0.119. The van der Waals surface area contributed by atoms with Crippen LogP contribution >= 0.6 is 0 Å². The van der Waals surface area contributed by atoms with Crippen molar-refractivity contribution < 1.29 is 4.79 Å². The quantitative estimate of drug-likeness (QED) is 0.703. The van der Waals surface area contributed by atoms with Gasteiger partial charge >= 0.3 is 0 Å². The van der Waals surface area contributed by atoms with Crippen molar-refractivity contribution in [3.63, 3.8) is 0 Å². The van der Waals surface area contributed by atoms with E-state index in [1.165, 1.54) is 12.8 Å². The lowest BCUT2D eigenvalue weighted by Crippen LogP contribution is -2.42. The molecule has 2 atom stereocenters. The number of nitrogens with one attached hydrogen (secondary N) is 2. The zero-order valence-electron chi connectivity index (χ0n) is 10.2. The van der Waals surface area contributed by atoms with Gasteiger partial charge in [-0.25, -0.2) is 0 Å². The zero-order valence-corrected chi connectivity index (χ0v) is 10.2. The van der Waals surface area contributed by atoms with Crippen molar-refractivity contribution in [3.05, 3.63) is 0 Å². The van der Waals surface area contributed by atoms with E-state index in [2.05, 4.69) is 31.4 Å². The van der Waals surface area contributed by atoms with E-state index in [0.29, 0.717) is 18.5 Å². The first kappa shape index (κ1) is 12.5. The second-order valence-corrected chi connectivity index (χ2v) is 4.58. The number of rotatable bonds is 6. The lowest BCUT2D eigenvalue weighted by Gasteiger charge is -2.24. The van der Waals surface area contributed by atoms with Crippen molar-refractivity contribution in [2.24, 2.45) is 5.92 Å². The van der Waals surface area contributed by atoms with Gasteiger partial charge < -0.3 is 10.6 Å². The molecule has 1 fully saturated rings. The minimum atomic E-state index is 0.206. The summed E-state index contributed by atoms with van der Waals surface area (Å²) >= 11 is 0. The minimum Gasteiger partial charge on any atom is -0.352 e. The van der Waals surface area contributed by atoms with E-state index in [9.17, 15) is 4.79 Å². The summed E-state index contributed by atoms with van der Waals surface area (Å²) in [5, 5.41) is 6.52. The molecule has 0 aromatic rings. The molecule has 0 radical (unpaired) electrons. The summed E-state index contributed by atoms with van der Waals surface area (Å²) in [6, 6.07) is 0.909. The summed E-state index contributed by atoms with van der Waals surface area (Å²) in [6.45, 7) is 7.64. The average Bonchev–Trinajstić information content (AvgIpc) is 2.63. The zero-order chi connectivity index (χ0) is 11.3. The Labute approximate surface area is 93.0 Å². The molecule has 3 heteroatoms. The Hall–Kier alpha value is -0.570. The number of amides is 1. The molecule has 3 nitrogen and oxygen atoms in total. The van der Waals surface area contributed by atoms with Crippen LogP contribution in [0.3, 0.4) is 0 Å². The third-order valence-electron chi connectivity index (χ3n) is 3.53. The molecule has 1 amide bonds. The molecule has 0 aliphatic carbocycles. The van der Waals surface area contributed by atoms with Crippen molar-refractivity contribution in [1.29, 1.82) is 0 Å². The molecule has 2 N–H and O–H groups in total. The van der Waals surface area contributed by atoms with Gasteiger partial charge in [-0.2, -0.15) is 0 Å². The Morgan fingerprint density at radius 3 is 2.60 bits per heavy atom. The molecule has 1 rings (SSSR count). The highest BCUT2D eigenvalue weighted by Gasteiger charge is 2.21. The van der Waals surface area contributed by atoms with Crippen molar-refractivity contribution >= 4 is 5.91 Å². The van der Waals surface area contributed by atoms with E-state index < -0.39 is 0 Å². The second kappa shape index (κ2) is 6.11. The molecule has 88 valence electrons. The smallest absolute Gasteiger partial charge is 0.220 e. The van der Waals surface area contributed by atoms with Crippen LogP contribution in [0.2, 0.25) is 0 Å². The number of carbonyl (C=O) groups excluding carboxylic acids is 1. The molecular weight excluding hydrogens is 188 g/mol. The number of carbonyl (C=O) groups is 1. The highest BCUT2D eigenvalue weighted by atomic mass is 16.1. The first-order valence-corrected chi connectivity index (χ1v) is 6.20. The average molecular weight is 212 g/mol.